The Morgan fingerprint density at radius 2 is 1.75 bits per heavy atom. The summed E-state index contributed by atoms with van der Waals surface area (Å²) in [5.74, 6) is 0.865. The minimum atomic E-state index is -4.38. The van der Waals surface area contributed by atoms with Crippen LogP contribution in [0, 0.1) is 5.92 Å². The van der Waals surface area contributed by atoms with Crippen LogP contribution in [-0.4, -0.2) is 6.54 Å². The Bertz CT molecular complexity index is 415. The van der Waals surface area contributed by atoms with Crippen molar-refractivity contribution in [1.29, 1.82) is 0 Å². The molecule has 4 N–H and O–H groups in total. The lowest BCUT2D eigenvalue weighted by molar-refractivity contribution is -0.136. The number of halogens is 4. The number of nitrogens with two attached hydrogens (primary N) is 2. The van der Waals surface area contributed by atoms with E-state index in [2.05, 4.69) is 15.9 Å². The van der Waals surface area contributed by atoms with Gasteiger partial charge in [0.15, 0.2) is 0 Å². The molecule has 1 aromatic rings. The predicted octanol–water partition coefficient (Wildman–Crippen LogP) is 4.58. The molecule has 0 bridgehead atoms. The fourth-order valence-corrected chi connectivity index (χ4v) is 2.56. The van der Waals surface area contributed by atoms with E-state index in [1.807, 2.05) is 0 Å². The van der Waals surface area contributed by atoms with Gasteiger partial charge in [-0.25, -0.2) is 0 Å². The first-order valence-electron chi connectivity index (χ1n) is 6.67. The molecule has 1 aromatic carbocycles. The number of hydrogen-bond acceptors (Lipinski definition) is 2. The normalized spacial score (nSPS) is 16.4. The van der Waals surface area contributed by atoms with Gasteiger partial charge in [-0.15, -0.1) is 0 Å². The Morgan fingerprint density at radius 3 is 2.15 bits per heavy atom. The van der Waals surface area contributed by atoms with Crippen LogP contribution in [0.15, 0.2) is 22.7 Å². The Morgan fingerprint density at radius 1 is 1.15 bits per heavy atom. The van der Waals surface area contributed by atoms with Crippen LogP contribution in [0.25, 0.3) is 0 Å². The first-order chi connectivity index (χ1) is 9.34. The summed E-state index contributed by atoms with van der Waals surface area (Å²) in [6, 6.07) is 3.63. The second-order valence-corrected chi connectivity index (χ2v) is 5.88. The monoisotopic (exact) mass is 352 g/mol. The van der Waals surface area contributed by atoms with Crippen molar-refractivity contribution in [2.24, 2.45) is 11.7 Å². The van der Waals surface area contributed by atoms with Gasteiger partial charge in [0.1, 0.15) is 0 Å². The van der Waals surface area contributed by atoms with Gasteiger partial charge in [-0.2, -0.15) is 13.2 Å². The Balaban J connectivity index is 0.000000217. The quantitative estimate of drug-likeness (QED) is 0.727. The van der Waals surface area contributed by atoms with Crippen molar-refractivity contribution in [2.75, 3.05) is 12.3 Å². The van der Waals surface area contributed by atoms with Crippen LogP contribution < -0.4 is 11.5 Å². The van der Waals surface area contributed by atoms with E-state index >= 15 is 0 Å². The topological polar surface area (TPSA) is 52.0 Å². The summed E-state index contributed by atoms with van der Waals surface area (Å²) < 4.78 is 36.7. The maximum absolute atomic E-state index is 12.1. The number of alkyl halides is 3. The maximum Gasteiger partial charge on any atom is 0.418 e. The van der Waals surface area contributed by atoms with Crippen LogP contribution in [0.4, 0.5) is 18.9 Å². The largest absolute Gasteiger partial charge is 0.418 e. The van der Waals surface area contributed by atoms with E-state index in [4.69, 9.17) is 11.5 Å². The van der Waals surface area contributed by atoms with Crippen molar-refractivity contribution < 1.29 is 13.2 Å². The summed E-state index contributed by atoms with van der Waals surface area (Å²) in [5, 5.41) is 0. The van der Waals surface area contributed by atoms with Crippen LogP contribution in [-0.2, 0) is 6.18 Å². The van der Waals surface area contributed by atoms with Gasteiger partial charge in [0.25, 0.3) is 0 Å². The van der Waals surface area contributed by atoms with Crippen molar-refractivity contribution in [2.45, 2.75) is 38.3 Å². The third-order valence-corrected chi connectivity index (χ3v) is 3.87. The van der Waals surface area contributed by atoms with E-state index in [1.165, 1.54) is 44.2 Å². The molecule has 0 spiro atoms. The van der Waals surface area contributed by atoms with Crippen molar-refractivity contribution in [3.63, 3.8) is 0 Å². The molecule has 0 aliphatic heterocycles. The van der Waals surface area contributed by atoms with Crippen LogP contribution in [0.3, 0.4) is 0 Å². The van der Waals surface area contributed by atoms with Gasteiger partial charge in [-0.1, -0.05) is 35.2 Å². The van der Waals surface area contributed by atoms with Gasteiger partial charge in [0.2, 0.25) is 0 Å². The lowest BCUT2D eigenvalue weighted by Gasteiger charge is -2.18. The number of rotatable bonds is 1. The van der Waals surface area contributed by atoms with E-state index in [0.29, 0.717) is 4.47 Å². The zero-order chi connectivity index (χ0) is 15.2. The van der Waals surface area contributed by atoms with Crippen LogP contribution in [0.2, 0.25) is 0 Å². The molecule has 6 heteroatoms. The average Bonchev–Trinajstić information content (AvgIpc) is 2.42. The van der Waals surface area contributed by atoms with Gasteiger partial charge in [-0.3, -0.25) is 0 Å². The zero-order valence-electron chi connectivity index (χ0n) is 11.2. The molecular weight excluding hydrogens is 333 g/mol. The first kappa shape index (κ1) is 17.3. The second-order valence-electron chi connectivity index (χ2n) is 4.97. The van der Waals surface area contributed by atoms with E-state index < -0.39 is 11.7 Å². The maximum atomic E-state index is 12.1. The number of nitrogen functional groups attached to an aromatic ring is 1. The van der Waals surface area contributed by atoms with Gasteiger partial charge in [-0.05, 0) is 43.5 Å². The summed E-state index contributed by atoms with van der Waals surface area (Å²) in [7, 11) is 0. The van der Waals surface area contributed by atoms with Crippen molar-refractivity contribution in [3.8, 4) is 0 Å². The fraction of sp³-hybridized carbons (Fsp3) is 0.571. The third kappa shape index (κ3) is 5.71. The summed E-state index contributed by atoms with van der Waals surface area (Å²) in [6.45, 7) is 0.917. The molecule has 1 aliphatic rings. The van der Waals surface area contributed by atoms with E-state index in [1.54, 1.807) is 0 Å². The molecule has 1 fully saturated rings. The van der Waals surface area contributed by atoms with E-state index in [0.717, 1.165) is 18.5 Å². The summed E-state index contributed by atoms with van der Waals surface area (Å²) in [6.07, 6.45) is 2.67. The first-order valence-corrected chi connectivity index (χ1v) is 7.46. The van der Waals surface area contributed by atoms with Gasteiger partial charge in [0.05, 0.1) is 5.56 Å². The molecule has 2 nitrogen and oxygen atoms in total. The third-order valence-electron chi connectivity index (χ3n) is 3.38. The molecule has 20 heavy (non-hydrogen) atoms. The number of benzene rings is 1. The SMILES string of the molecule is NCC1CCCCC1.Nc1ccc(Br)cc1C(F)(F)F. The number of anilines is 1. The molecule has 0 unspecified atom stereocenters. The minimum absolute atomic E-state index is 0.259. The zero-order valence-corrected chi connectivity index (χ0v) is 12.8. The number of hydrogen-bond donors (Lipinski definition) is 2. The molecule has 1 aliphatic carbocycles. The Hall–Kier alpha value is -0.750. The molecule has 0 radical (unpaired) electrons. The molecule has 114 valence electrons. The van der Waals surface area contributed by atoms with Crippen LogP contribution in [0.1, 0.15) is 37.7 Å². The molecule has 1 saturated carbocycles. The van der Waals surface area contributed by atoms with Gasteiger partial charge >= 0.3 is 6.18 Å². The Labute approximate surface area is 125 Å². The standard InChI is InChI=1S/C7H5BrF3N.C7H15N/c8-4-1-2-6(12)5(3-4)7(9,10)11;8-6-7-4-2-1-3-5-7/h1-3H,12H2;7H,1-6,8H2. The van der Waals surface area contributed by atoms with Crippen LogP contribution >= 0.6 is 15.9 Å². The lowest BCUT2D eigenvalue weighted by atomic mass is 9.90. The molecular formula is C14H20BrF3N2. The molecule has 0 aromatic heterocycles. The fourth-order valence-electron chi connectivity index (χ4n) is 2.20. The summed E-state index contributed by atoms with van der Waals surface area (Å²) >= 11 is 2.93. The van der Waals surface area contributed by atoms with Gasteiger partial charge in [0, 0.05) is 10.2 Å². The summed E-state index contributed by atoms with van der Waals surface area (Å²) in [5.41, 5.74) is 9.57. The highest BCUT2D eigenvalue weighted by Crippen LogP contribution is 2.34. The van der Waals surface area contributed by atoms with Gasteiger partial charge < -0.3 is 11.5 Å². The smallest absolute Gasteiger partial charge is 0.398 e. The lowest BCUT2D eigenvalue weighted by Crippen LogP contribution is -2.16. The second kappa shape index (κ2) is 7.88. The average molecular weight is 353 g/mol. The molecule has 0 amide bonds. The minimum Gasteiger partial charge on any atom is -0.398 e. The highest BCUT2D eigenvalue weighted by molar-refractivity contribution is 9.10. The van der Waals surface area contributed by atoms with Crippen molar-refractivity contribution in [3.05, 3.63) is 28.2 Å². The van der Waals surface area contributed by atoms with Crippen molar-refractivity contribution >= 4 is 21.6 Å². The molecule has 0 saturated heterocycles. The highest BCUT2D eigenvalue weighted by atomic mass is 79.9. The molecule has 2 rings (SSSR count). The van der Waals surface area contributed by atoms with Crippen molar-refractivity contribution in [1.82, 2.24) is 0 Å². The van der Waals surface area contributed by atoms with Crippen LogP contribution in [0.5, 0.6) is 0 Å². The van der Waals surface area contributed by atoms with E-state index in [9.17, 15) is 13.2 Å². The Kier molecular flexibility index (Phi) is 6.82. The molecule has 0 heterocycles. The summed E-state index contributed by atoms with van der Waals surface area (Å²) in [4.78, 5) is 0. The van der Waals surface area contributed by atoms with E-state index in [-0.39, 0.29) is 5.69 Å². The highest BCUT2D eigenvalue weighted by Gasteiger charge is 2.32. The molecule has 0 atom stereocenters. The predicted molar refractivity (Wildman–Crippen MR) is 79.2 cm³/mol.